The Morgan fingerprint density at radius 3 is 2.44 bits per heavy atom. The van der Waals surface area contributed by atoms with Crippen LogP contribution in [0.2, 0.25) is 5.02 Å². The summed E-state index contributed by atoms with van der Waals surface area (Å²) in [5.74, 6) is -0.0807. The predicted molar refractivity (Wildman–Crippen MR) is 128 cm³/mol. The highest BCUT2D eigenvalue weighted by Gasteiger charge is 2.38. The molecule has 7 nitrogen and oxygen atoms in total. The molecule has 0 unspecified atom stereocenters. The zero-order chi connectivity index (χ0) is 22.9. The highest BCUT2D eigenvalue weighted by Crippen LogP contribution is 2.40. The smallest absolute Gasteiger partial charge is 0.279 e. The van der Waals surface area contributed by atoms with Crippen molar-refractivity contribution in [2.45, 2.75) is 24.3 Å². The topological polar surface area (TPSA) is 95.9 Å². The van der Waals surface area contributed by atoms with Gasteiger partial charge in [0.15, 0.2) is 0 Å². The van der Waals surface area contributed by atoms with E-state index in [0.717, 1.165) is 9.29 Å². The average Bonchev–Trinajstić information content (AvgIpc) is 3.44. The Hall–Kier alpha value is -2.40. The number of para-hydroxylation sites is 1. The summed E-state index contributed by atoms with van der Waals surface area (Å²) < 4.78 is 54.9. The number of hydrogen-bond donors (Lipinski definition) is 1. The first kappa shape index (κ1) is 22.8. The molecule has 1 aliphatic rings. The molecule has 4 rings (SSSR count). The van der Waals surface area contributed by atoms with E-state index >= 15 is 0 Å². The molecule has 0 bridgehead atoms. The fraction of sp³-hybridized carbons (Fsp3) is 0.190. The highest BCUT2D eigenvalue weighted by molar-refractivity contribution is 7.92. The number of anilines is 1. The number of halogens is 1. The van der Waals surface area contributed by atoms with Crippen LogP contribution >= 0.6 is 22.9 Å². The summed E-state index contributed by atoms with van der Waals surface area (Å²) in [6.45, 7) is 1.55. The molecular weight excluding hydrogens is 490 g/mol. The van der Waals surface area contributed by atoms with Gasteiger partial charge in [-0.05, 0) is 48.7 Å². The lowest BCUT2D eigenvalue weighted by atomic mass is 10.0. The summed E-state index contributed by atoms with van der Waals surface area (Å²) in [6.07, 6.45) is 0.304. The van der Waals surface area contributed by atoms with Crippen molar-refractivity contribution in [3.63, 3.8) is 0 Å². The molecule has 1 atom stereocenters. The lowest BCUT2D eigenvalue weighted by molar-refractivity contribution is 0.375. The van der Waals surface area contributed by atoms with Gasteiger partial charge in [-0.15, -0.1) is 11.3 Å². The van der Waals surface area contributed by atoms with Crippen LogP contribution in [0.5, 0.6) is 0 Å². The molecule has 0 amide bonds. The van der Waals surface area contributed by atoms with Crippen LogP contribution in [0, 0.1) is 0 Å². The van der Waals surface area contributed by atoms with Gasteiger partial charge in [-0.2, -0.15) is 17.9 Å². The van der Waals surface area contributed by atoms with Gasteiger partial charge in [0.1, 0.15) is 6.04 Å². The second kappa shape index (κ2) is 8.86. The van der Waals surface area contributed by atoms with Crippen LogP contribution in [0.1, 0.15) is 29.8 Å². The summed E-state index contributed by atoms with van der Waals surface area (Å²) in [5.41, 5.74) is 1.39. The monoisotopic (exact) mass is 509 g/mol. The minimum Gasteiger partial charge on any atom is -0.283 e. The van der Waals surface area contributed by atoms with Crippen molar-refractivity contribution < 1.29 is 16.8 Å². The van der Waals surface area contributed by atoms with Gasteiger partial charge in [-0.1, -0.05) is 35.9 Å². The summed E-state index contributed by atoms with van der Waals surface area (Å²) in [6, 6.07) is 16.0. The number of nitrogens with zero attached hydrogens (tertiary/aromatic N) is 2. The van der Waals surface area contributed by atoms with E-state index in [1.807, 2.05) is 17.5 Å². The van der Waals surface area contributed by atoms with E-state index < -0.39 is 26.1 Å². The largest absolute Gasteiger partial charge is 0.283 e. The van der Waals surface area contributed by atoms with Crippen molar-refractivity contribution >= 4 is 54.4 Å². The van der Waals surface area contributed by atoms with E-state index in [0.29, 0.717) is 28.4 Å². The highest BCUT2D eigenvalue weighted by atomic mass is 35.5. The number of thiophene rings is 1. The molecule has 3 aromatic rings. The maximum atomic E-state index is 13.5. The van der Waals surface area contributed by atoms with Crippen molar-refractivity contribution in [2.75, 3.05) is 10.5 Å². The fourth-order valence-corrected chi connectivity index (χ4v) is 6.43. The summed E-state index contributed by atoms with van der Waals surface area (Å²) in [7, 11) is -7.49. The third-order valence-electron chi connectivity index (χ3n) is 4.99. The second-order valence-corrected chi connectivity index (χ2v) is 12.3. The van der Waals surface area contributed by atoms with Crippen molar-refractivity contribution in [3.8, 4) is 0 Å². The number of hydrazone groups is 1. The molecule has 0 saturated heterocycles. The maximum absolute atomic E-state index is 13.5. The van der Waals surface area contributed by atoms with Gasteiger partial charge in [0.05, 0.1) is 22.0 Å². The molecule has 0 spiro atoms. The second-order valence-electron chi connectivity index (χ2n) is 7.06. The standard InChI is InChI=1S/C21H20ClN3O4S3/c1-2-31(26,27)24-18-7-4-3-6-17(18)19-14-20(21-8-5-13-30-21)25(23-19)32(28,29)16-11-9-15(22)10-12-16/h3-13,20,24H,2,14H2,1H3/t20-/m1/s1. The first-order valence-electron chi connectivity index (χ1n) is 9.72. The zero-order valence-corrected chi connectivity index (χ0v) is 20.2. The molecule has 2 heterocycles. The van der Waals surface area contributed by atoms with E-state index in [1.54, 1.807) is 31.2 Å². The maximum Gasteiger partial charge on any atom is 0.279 e. The first-order chi connectivity index (χ1) is 15.2. The van der Waals surface area contributed by atoms with E-state index in [1.165, 1.54) is 35.6 Å². The van der Waals surface area contributed by atoms with Gasteiger partial charge < -0.3 is 0 Å². The van der Waals surface area contributed by atoms with E-state index in [-0.39, 0.29) is 10.6 Å². The molecular formula is C21H20ClN3O4S3. The molecule has 2 aromatic carbocycles. The van der Waals surface area contributed by atoms with Crippen LogP contribution in [0.25, 0.3) is 0 Å². The Morgan fingerprint density at radius 2 is 1.78 bits per heavy atom. The summed E-state index contributed by atoms with van der Waals surface area (Å²) in [4.78, 5) is 0.918. The average molecular weight is 510 g/mol. The van der Waals surface area contributed by atoms with E-state index in [9.17, 15) is 16.8 Å². The Morgan fingerprint density at radius 1 is 1.06 bits per heavy atom. The minimum atomic E-state index is -3.97. The lowest BCUT2D eigenvalue weighted by Gasteiger charge is -2.22. The van der Waals surface area contributed by atoms with Crippen LogP contribution in [0.3, 0.4) is 0 Å². The number of rotatable bonds is 7. The number of hydrogen-bond acceptors (Lipinski definition) is 6. The number of sulfonamides is 2. The van der Waals surface area contributed by atoms with Gasteiger partial charge in [-0.25, -0.2) is 8.42 Å². The van der Waals surface area contributed by atoms with Gasteiger partial charge in [-0.3, -0.25) is 4.72 Å². The molecule has 0 aliphatic carbocycles. The fourth-order valence-electron chi connectivity index (χ4n) is 3.34. The molecule has 11 heteroatoms. The SMILES string of the molecule is CCS(=O)(=O)Nc1ccccc1C1=NN(S(=O)(=O)c2ccc(Cl)cc2)[C@@H](c2cccs2)C1. The first-order valence-corrected chi connectivity index (χ1v) is 14.1. The summed E-state index contributed by atoms with van der Waals surface area (Å²) in [5, 5.41) is 6.79. The normalized spacial score (nSPS) is 16.8. The predicted octanol–water partition coefficient (Wildman–Crippen LogP) is 4.70. The quantitative estimate of drug-likeness (QED) is 0.499. The number of nitrogens with one attached hydrogen (secondary N) is 1. The van der Waals surface area contributed by atoms with Gasteiger partial charge in [0, 0.05) is 21.9 Å². The minimum absolute atomic E-state index is 0.0772. The van der Waals surface area contributed by atoms with Crippen molar-refractivity contribution in [1.82, 2.24) is 4.41 Å². The van der Waals surface area contributed by atoms with Crippen LogP contribution < -0.4 is 4.72 Å². The Balaban J connectivity index is 1.80. The van der Waals surface area contributed by atoms with Crippen LogP contribution in [0.15, 0.2) is 76.0 Å². The third kappa shape index (κ3) is 4.54. The molecule has 1 N–H and O–H groups in total. The Labute approximate surface area is 196 Å². The zero-order valence-electron chi connectivity index (χ0n) is 17.0. The molecule has 0 saturated carbocycles. The summed E-state index contributed by atoms with van der Waals surface area (Å²) >= 11 is 7.37. The van der Waals surface area contributed by atoms with Gasteiger partial charge in [0.2, 0.25) is 10.0 Å². The Bertz CT molecular complexity index is 1350. The van der Waals surface area contributed by atoms with Crippen molar-refractivity contribution in [1.29, 1.82) is 0 Å². The number of benzene rings is 2. The lowest BCUT2D eigenvalue weighted by Crippen LogP contribution is -2.26. The van der Waals surface area contributed by atoms with Crippen LogP contribution in [-0.2, 0) is 20.0 Å². The Kier molecular flexibility index (Phi) is 6.30. The molecule has 1 aliphatic heterocycles. The van der Waals surface area contributed by atoms with Crippen LogP contribution in [-0.4, -0.2) is 32.7 Å². The molecule has 0 radical (unpaired) electrons. The molecule has 1 aromatic heterocycles. The van der Waals surface area contributed by atoms with Crippen LogP contribution in [0.4, 0.5) is 5.69 Å². The van der Waals surface area contributed by atoms with Crippen molar-refractivity contribution in [3.05, 3.63) is 81.5 Å². The molecule has 32 heavy (non-hydrogen) atoms. The molecule has 0 fully saturated rings. The molecule has 168 valence electrons. The van der Waals surface area contributed by atoms with E-state index in [2.05, 4.69) is 9.82 Å². The van der Waals surface area contributed by atoms with Gasteiger partial charge >= 0.3 is 0 Å². The van der Waals surface area contributed by atoms with E-state index in [4.69, 9.17) is 11.6 Å². The van der Waals surface area contributed by atoms with Gasteiger partial charge in [0.25, 0.3) is 10.0 Å². The third-order valence-corrected chi connectivity index (χ3v) is 9.20. The van der Waals surface area contributed by atoms with Crippen molar-refractivity contribution in [2.24, 2.45) is 5.10 Å².